The SMILES string of the molecule is [c]1cnnc(-c2nccnn2)n1. The van der Waals surface area contributed by atoms with Crippen LogP contribution < -0.4 is 0 Å². The summed E-state index contributed by atoms with van der Waals surface area (Å²) in [5.41, 5.74) is 0. The highest BCUT2D eigenvalue weighted by molar-refractivity contribution is 5.38. The van der Waals surface area contributed by atoms with Gasteiger partial charge in [-0.05, 0) is 0 Å². The molecule has 2 heterocycles. The molecule has 2 rings (SSSR count). The Morgan fingerprint density at radius 3 is 2.58 bits per heavy atom. The maximum Gasteiger partial charge on any atom is 0.222 e. The van der Waals surface area contributed by atoms with Gasteiger partial charge in [0, 0.05) is 6.20 Å². The molecule has 57 valence electrons. The van der Waals surface area contributed by atoms with E-state index in [1.165, 1.54) is 18.6 Å². The van der Waals surface area contributed by atoms with Crippen molar-refractivity contribution in [3.8, 4) is 11.6 Å². The van der Waals surface area contributed by atoms with E-state index in [2.05, 4.69) is 36.6 Å². The Hall–Kier alpha value is -1.98. The normalized spacial score (nSPS) is 9.67. The number of hydrogen-bond acceptors (Lipinski definition) is 6. The van der Waals surface area contributed by atoms with Crippen molar-refractivity contribution in [3.63, 3.8) is 0 Å². The lowest BCUT2D eigenvalue weighted by atomic mass is 10.5. The molecule has 0 spiro atoms. The van der Waals surface area contributed by atoms with Gasteiger partial charge in [-0.1, -0.05) is 0 Å². The van der Waals surface area contributed by atoms with Crippen LogP contribution in [0.3, 0.4) is 0 Å². The zero-order valence-electron chi connectivity index (χ0n) is 5.92. The molecule has 6 nitrogen and oxygen atoms in total. The molecule has 0 atom stereocenters. The summed E-state index contributed by atoms with van der Waals surface area (Å²) < 4.78 is 0. The smallest absolute Gasteiger partial charge is 0.222 e. The Morgan fingerprint density at radius 2 is 1.92 bits per heavy atom. The summed E-state index contributed by atoms with van der Waals surface area (Å²) >= 11 is 0. The van der Waals surface area contributed by atoms with Crippen LogP contribution in [0.15, 0.2) is 18.6 Å². The van der Waals surface area contributed by atoms with Crippen molar-refractivity contribution in [1.29, 1.82) is 0 Å². The molecule has 0 amide bonds. The Morgan fingerprint density at radius 1 is 1.00 bits per heavy atom. The first-order valence-corrected chi connectivity index (χ1v) is 3.16. The Labute approximate surface area is 67.7 Å². The highest BCUT2D eigenvalue weighted by atomic mass is 15.2. The van der Waals surface area contributed by atoms with E-state index >= 15 is 0 Å². The number of nitrogens with zero attached hydrogens (tertiary/aromatic N) is 6. The minimum Gasteiger partial charge on any atom is -0.231 e. The third-order valence-corrected chi connectivity index (χ3v) is 1.12. The minimum absolute atomic E-state index is 0.325. The van der Waals surface area contributed by atoms with Crippen LogP contribution in [0, 0.1) is 6.20 Å². The first-order valence-electron chi connectivity index (χ1n) is 3.16. The van der Waals surface area contributed by atoms with Crippen LogP contribution in [0.4, 0.5) is 0 Å². The van der Waals surface area contributed by atoms with Gasteiger partial charge in [0.1, 0.15) is 6.20 Å². The molecule has 0 aliphatic rings. The largest absolute Gasteiger partial charge is 0.231 e. The summed E-state index contributed by atoms with van der Waals surface area (Å²) in [6, 6.07) is 0. The molecule has 0 aliphatic carbocycles. The molecule has 0 saturated carbocycles. The first kappa shape index (κ1) is 6.71. The quantitative estimate of drug-likeness (QED) is 0.559. The van der Waals surface area contributed by atoms with Crippen LogP contribution in [-0.2, 0) is 0 Å². The van der Waals surface area contributed by atoms with Crippen molar-refractivity contribution in [1.82, 2.24) is 30.4 Å². The van der Waals surface area contributed by atoms with Crippen LogP contribution in [0.25, 0.3) is 11.6 Å². The molecule has 12 heavy (non-hydrogen) atoms. The van der Waals surface area contributed by atoms with Gasteiger partial charge in [0.2, 0.25) is 11.6 Å². The second kappa shape index (κ2) is 2.95. The van der Waals surface area contributed by atoms with Gasteiger partial charge in [0.15, 0.2) is 0 Å². The van der Waals surface area contributed by atoms with Crippen molar-refractivity contribution in [2.45, 2.75) is 0 Å². The molecule has 0 unspecified atom stereocenters. The fourth-order valence-electron chi connectivity index (χ4n) is 0.667. The second-order valence-electron chi connectivity index (χ2n) is 1.88. The molecular weight excluding hydrogens is 156 g/mol. The van der Waals surface area contributed by atoms with Gasteiger partial charge in [-0.3, -0.25) is 0 Å². The average molecular weight is 159 g/mol. The van der Waals surface area contributed by atoms with Crippen LogP contribution >= 0.6 is 0 Å². The third-order valence-electron chi connectivity index (χ3n) is 1.12. The lowest BCUT2D eigenvalue weighted by molar-refractivity contribution is 0.910. The van der Waals surface area contributed by atoms with E-state index in [1.54, 1.807) is 0 Å². The Balaban J connectivity index is 2.46. The van der Waals surface area contributed by atoms with Crippen molar-refractivity contribution in [2.24, 2.45) is 0 Å². The topological polar surface area (TPSA) is 77.3 Å². The number of hydrogen-bond donors (Lipinski definition) is 0. The van der Waals surface area contributed by atoms with Gasteiger partial charge in [-0.2, -0.15) is 10.2 Å². The second-order valence-corrected chi connectivity index (χ2v) is 1.88. The molecule has 6 heteroatoms. The molecular formula is C6H3N6. The fourth-order valence-corrected chi connectivity index (χ4v) is 0.667. The van der Waals surface area contributed by atoms with E-state index in [1.807, 2.05) is 0 Å². The van der Waals surface area contributed by atoms with E-state index in [9.17, 15) is 0 Å². The zero-order chi connectivity index (χ0) is 8.23. The van der Waals surface area contributed by atoms with Crippen molar-refractivity contribution >= 4 is 0 Å². The van der Waals surface area contributed by atoms with Gasteiger partial charge in [-0.25, -0.2) is 9.97 Å². The van der Waals surface area contributed by atoms with Crippen LogP contribution in [0.5, 0.6) is 0 Å². The van der Waals surface area contributed by atoms with Crippen molar-refractivity contribution < 1.29 is 0 Å². The summed E-state index contributed by atoms with van der Waals surface area (Å²) in [6.07, 6.45) is 6.88. The van der Waals surface area contributed by atoms with E-state index in [0.717, 1.165) is 0 Å². The molecule has 0 N–H and O–H groups in total. The maximum atomic E-state index is 3.89. The monoisotopic (exact) mass is 159 g/mol. The molecule has 2 aromatic rings. The Kier molecular flexibility index (Phi) is 1.65. The lowest BCUT2D eigenvalue weighted by Crippen LogP contribution is -1.96. The summed E-state index contributed by atoms with van der Waals surface area (Å²) in [4.78, 5) is 7.68. The molecule has 0 fully saturated rings. The summed E-state index contributed by atoms with van der Waals surface area (Å²) in [5, 5.41) is 14.6. The van der Waals surface area contributed by atoms with Crippen LogP contribution in [0.1, 0.15) is 0 Å². The first-order chi connectivity index (χ1) is 5.97. The van der Waals surface area contributed by atoms with Gasteiger partial charge in [0.25, 0.3) is 0 Å². The number of aromatic nitrogens is 6. The fraction of sp³-hybridized carbons (Fsp3) is 0. The number of rotatable bonds is 1. The Bertz CT molecular complexity index is 309. The summed E-state index contributed by atoms with van der Waals surface area (Å²) in [7, 11) is 0. The van der Waals surface area contributed by atoms with E-state index in [0.29, 0.717) is 11.6 Å². The van der Waals surface area contributed by atoms with E-state index in [4.69, 9.17) is 0 Å². The summed E-state index contributed by atoms with van der Waals surface area (Å²) in [6.45, 7) is 0. The van der Waals surface area contributed by atoms with Gasteiger partial charge in [-0.15, -0.1) is 10.2 Å². The van der Waals surface area contributed by atoms with Crippen molar-refractivity contribution in [2.75, 3.05) is 0 Å². The van der Waals surface area contributed by atoms with Crippen LogP contribution in [-0.4, -0.2) is 30.4 Å². The molecule has 1 radical (unpaired) electrons. The molecule has 0 bridgehead atoms. The van der Waals surface area contributed by atoms with Gasteiger partial charge >= 0.3 is 0 Å². The molecule has 0 saturated heterocycles. The summed E-state index contributed by atoms with van der Waals surface area (Å²) in [5.74, 6) is 0.674. The standard InChI is InChI=1S/C6H3N6/c1-3-9-11-5(7-1)6-8-2-4-10-12-6/h1,3-4H. The maximum absolute atomic E-state index is 3.89. The van der Waals surface area contributed by atoms with E-state index in [-0.39, 0.29) is 0 Å². The highest BCUT2D eigenvalue weighted by Gasteiger charge is 2.02. The minimum atomic E-state index is 0.325. The predicted molar refractivity (Wildman–Crippen MR) is 37.5 cm³/mol. The zero-order valence-corrected chi connectivity index (χ0v) is 5.92. The van der Waals surface area contributed by atoms with Gasteiger partial charge < -0.3 is 0 Å². The highest BCUT2D eigenvalue weighted by Crippen LogP contribution is 2.01. The molecule has 0 aliphatic heterocycles. The molecule has 0 aromatic carbocycles. The third kappa shape index (κ3) is 1.22. The lowest BCUT2D eigenvalue weighted by Gasteiger charge is -1.91. The predicted octanol–water partition coefficient (Wildman–Crippen LogP) is -0.476. The van der Waals surface area contributed by atoms with E-state index < -0.39 is 0 Å². The van der Waals surface area contributed by atoms with Gasteiger partial charge in [0.05, 0.1) is 12.4 Å². The average Bonchev–Trinajstić information content (AvgIpc) is 2.21. The van der Waals surface area contributed by atoms with Crippen molar-refractivity contribution in [3.05, 3.63) is 24.8 Å². The van der Waals surface area contributed by atoms with Crippen LogP contribution in [0.2, 0.25) is 0 Å². The molecule has 2 aromatic heterocycles.